The van der Waals surface area contributed by atoms with E-state index in [0.717, 1.165) is 17.7 Å². The zero-order valence-electron chi connectivity index (χ0n) is 14.2. The molecule has 1 heterocycles. The van der Waals surface area contributed by atoms with E-state index >= 15 is 0 Å². The predicted octanol–water partition coefficient (Wildman–Crippen LogP) is 4.74. The second-order valence-corrected chi connectivity index (χ2v) is 6.76. The average molecular weight is 336 g/mol. The number of aryl methyl sites for hydroxylation is 1. The van der Waals surface area contributed by atoms with Crippen LogP contribution in [0.15, 0.2) is 48.6 Å². The van der Waals surface area contributed by atoms with E-state index in [2.05, 4.69) is 48.7 Å². The minimum atomic E-state index is -0.359. The fourth-order valence-electron chi connectivity index (χ4n) is 4.02. The quantitative estimate of drug-likeness (QED) is 0.499. The van der Waals surface area contributed by atoms with E-state index in [1.165, 1.54) is 17.2 Å². The number of nitrogens with zero attached hydrogens (tertiary/aromatic N) is 1. The second kappa shape index (κ2) is 5.92. The molecule has 2 aromatic rings. The van der Waals surface area contributed by atoms with Crippen LogP contribution in [0.1, 0.15) is 35.1 Å². The zero-order valence-corrected chi connectivity index (χ0v) is 14.2. The first-order valence-corrected chi connectivity index (χ1v) is 8.44. The molecule has 0 bridgehead atoms. The van der Waals surface area contributed by atoms with Crippen molar-refractivity contribution in [2.45, 2.75) is 25.3 Å². The Morgan fingerprint density at radius 2 is 2.00 bits per heavy atom. The number of non-ortho nitro benzene ring substituents is 1. The molecular weight excluding hydrogens is 316 g/mol. The van der Waals surface area contributed by atoms with Crippen LogP contribution in [0.3, 0.4) is 0 Å². The molecule has 0 aromatic heterocycles. The number of anilines is 1. The molecule has 5 nitrogen and oxygen atoms in total. The number of rotatable bonds is 3. The topological polar surface area (TPSA) is 64.4 Å². The summed E-state index contributed by atoms with van der Waals surface area (Å²) in [5, 5.41) is 14.9. The molecule has 1 N–H and O–H groups in total. The molecule has 0 saturated carbocycles. The van der Waals surface area contributed by atoms with Crippen molar-refractivity contribution in [3.05, 3.63) is 75.4 Å². The normalized spacial score (nSPS) is 23.5. The van der Waals surface area contributed by atoms with Crippen LogP contribution in [0.2, 0.25) is 0 Å². The third kappa shape index (κ3) is 2.56. The third-order valence-electron chi connectivity index (χ3n) is 5.28. The molecule has 1 aliphatic carbocycles. The van der Waals surface area contributed by atoms with Gasteiger partial charge in [-0.05, 0) is 30.4 Å². The number of hydrogen-bond acceptors (Lipinski definition) is 4. The fraction of sp³-hybridized carbons (Fsp3) is 0.300. The van der Waals surface area contributed by atoms with E-state index in [-0.39, 0.29) is 22.6 Å². The predicted molar refractivity (Wildman–Crippen MR) is 97.2 cm³/mol. The second-order valence-electron chi connectivity index (χ2n) is 6.76. The fourth-order valence-corrected chi connectivity index (χ4v) is 4.02. The summed E-state index contributed by atoms with van der Waals surface area (Å²) in [4.78, 5) is 10.9. The molecule has 0 radical (unpaired) electrons. The van der Waals surface area contributed by atoms with Crippen molar-refractivity contribution in [1.29, 1.82) is 0 Å². The van der Waals surface area contributed by atoms with Gasteiger partial charge >= 0.3 is 0 Å². The molecule has 128 valence electrons. The highest BCUT2D eigenvalue weighted by Crippen LogP contribution is 2.53. The van der Waals surface area contributed by atoms with Crippen LogP contribution in [0.4, 0.5) is 11.4 Å². The maximum absolute atomic E-state index is 11.3. The van der Waals surface area contributed by atoms with Gasteiger partial charge in [0.25, 0.3) is 5.69 Å². The molecule has 25 heavy (non-hydrogen) atoms. The number of allylic oxidation sites excluding steroid dienone is 2. The summed E-state index contributed by atoms with van der Waals surface area (Å²) in [7, 11) is 1.55. The van der Waals surface area contributed by atoms with Crippen LogP contribution < -0.4 is 10.1 Å². The van der Waals surface area contributed by atoms with Crippen molar-refractivity contribution < 1.29 is 9.66 Å². The van der Waals surface area contributed by atoms with Crippen molar-refractivity contribution in [1.82, 2.24) is 0 Å². The van der Waals surface area contributed by atoms with E-state index < -0.39 is 0 Å². The zero-order chi connectivity index (χ0) is 17.6. The van der Waals surface area contributed by atoms with Gasteiger partial charge in [-0.3, -0.25) is 10.1 Å². The maximum Gasteiger partial charge on any atom is 0.273 e. The van der Waals surface area contributed by atoms with Gasteiger partial charge < -0.3 is 10.1 Å². The Bertz CT molecular complexity index is 858. The van der Waals surface area contributed by atoms with E-state index in [9.17, 15) is 10.1 Å². The Morgan fingerprint density at radius 3 is 2.68 bits per heavy atom. The van der Waals surface area contributed by atoms with Crippen LogP contribution in [0.25, 0.3) is 0 Å². The van der Waals surface area contributed by atoms with Gasteiger partial charge in [0, 0.05) is 12.0 Å². The van der Waals surface area contributed by atoms with Gasteiger partial charge in [0.1, 0.15) is 5.75 Å². The minimum Gasteiger partial charge on any atom is -0.494 e. The highest BCUT2D eigenvalue weighted by Gasteiger charge is 2.40. The monoisotopic (exact) mass is 336 g/mol. The number of hydrogen-bond donors (Lipinski definition) is 1. The number of nitrogens with one attached hydrogen (secondary N) is 1. The molecule has 4 rings (SSSR count). The highest BCUT2D eigenvalue weighted by atomic mass is 16.6. The van der Waals surface area contributed by atoms with Gasteiger partial charge in [0.05, 0.1) is 29.8 Å². The van der Waals surface area contributed by atoms with Crippen LogP contribution in [-0.4, -0.2) is 12.0 Å². The average Bonchev–Trinajstić information content (AvgIpc) is 3.10. The van der Waals surface area contributed by atoms with Crippen molar-refractivity contribution >= 4 is 11.4 Å². The van der Waals surface area contributed by atoms with Gasteiger partial charge in [-0.1, -0.05) is 42.0 Å². The van der Waals surface area contributed by atoms with Crippen molar-refractivity contribution in [2.75, 3.05) is 12.4 Å². The van der Waals surface area contributed by atoms with Gasteiger partial charge in [-0.25, -0.2) is 0 Å². The Labute approximate surface area is 146 Å². The summed E-state index contributed by atoms with van der Waals surface area (Å²) >= 11 is 0. The molecule has 0 unspecified atom stereocenters. The minimum absolute atomic E-state index is 0.0743. The molecule has 0 spiro atoms. The van der Waals surface area contributed by atoms with Crippen molar-refractivity contribution in [3.8, 4) is 5.75 Å². The van der Waals surface area contributed by atoms with Crippen LogP contribution in [0, 0.1) is 23.0 Å². The number of fused-ring (bicyclic) bond motifs is 3. The van der Waals surface area contributed by atoms with Gasteiger partial charge in [-0.2, -0.15) is 0 Å². The first-order valence-electron chi connectivity index (χ1n) is 8.44. The molecule has 0 fully saturated rings. The smallest absolute Gasteiger partial charge is 0.273 e. The Hall–Kier alpha value is -2.82. The molecular formula is C20H20N2O3. The van der Waals surface area contributed by atoms with E-state index in [1.807, 2.05) is 0 Å². The van der Waals surface area contributed by atoms with Gasteiger partial charge in [-0.15, -0.1) is 0 Å². The van der Waals surface area contributed by atoms with Gasteiger partial charge in [0.2, 0.25) is 0 Å². The molecule has 1 aliphatic heterocycles. The lowest BCUT2D eigenvalue weighted by Crippen LogP contribution is -2.29. The lowest BCUT2D eigenvalue weighted by Gasteiger charge is -2.38. The number of benzene rings is 2. The molecule has 2 aromatic carbocycles. The first kappa shape index (κ1) is 15.7. The van der Waals surface area contributed by atoms with Gasteiger partial charge in [0.15, 0.2) is 0 Å². The maximum atomic E-state index is 11.3. The van der Waals surface area contributed by atoms with Crippen LogP contribution in [0.5, 0.6) is 5.75 Å². The van der Waals surface area contributed by atoms with Crippen LogP contribution in [-0.2, 0) is 0 Å². The molecule has 3 atom stereocenters. The number of ether oxygens (including phenoxy) is 1. The summed E-state index contributed by atoms with van der Waals surface area (Å²) < 4.78 is 5.46. The van der Waals surface area contributed by atoms with Crippen LogP contribution >= 0.6 is 0 Å². The molecule has 2 aliphatic rings. The molecule has 0 amide bonds. The van der Waals surface area contributed by atoms with Crippen molar-refractivity contribution in [2.24, 2.45) is 5.92 Å². The van der Waals surface area contributed by atoms with E-state index in [0.29, 0.717) is 11.7 Å². The van der Waals surface area contributed by atoms with Crippen molar-refractivity contribution in [3.63, 3.8) is 0 Å². The largest absolute Gasteiger partial charge is 0.494 e. The first-order chi connectivity index (χ1) is 12.1. The molecule has 0 saturated heterocycles. The number of nitro groups is 1. The van der Waals surface area contributed by atoms with E-state index in [4.69, 9.17) is 4.74 Å². The molecule has 5 heteroatoms. The number of nitro benzene ring substituents is 1. The number of methoxy groups -OCH3 is 1. The Balaban J connectivity index is 1.84. The summed E-state index contributed by atoms with van der Waals surface area (Å²) in [5.41, 5.74) is 4.36. The highest BCUT2D eigenvalue weighted by molar-refractivity contribution is 5.71. The Kier molecular flexibility index (Phi) is 3.71. The standard InChI is InChI=1S/C20H20N2O3/c1-12-6-8-13(9-7-12)19-16-5-3-4-15(16)17-10-14(22(23)24)11-18(25-2)20(17)21-19/h3-4,6-11,15-16,19,21H,5H2,1-2H3/t15-,16+,19-/m1/s1. The third-order valence-corrected chi connectivity index (χ3v) is 5.28. The lowest BCUT2D eigenvalue weighted by molar-refractivity contribution is -0.385. The summed E-state index contributed by atoms with van der Waals surface area (Å²) in [6.45, 7) is 2.08. The summed E-state index contributed by atoms with van der Waals surface area (Å²) in [6.07, 6.45) is 5.31. The Morgan fingerprint density at radius 1 is 1.24 bits per heavy atom. The summed E-state index contributed by atoms with van der Waals surface area (Å²) in [6, 6.07) is 11.9. The lowest BCUT2D eigenvalue weighted by atomic mass is 9.76. The SMILES string of the molecule is COc1cc([N+](=O)[O-])cc2c1N[C@H](c1ccc(C)cc1)[C@H]1CC=C[C@@H]21. The van der Waals surface area contributed by atoms with E-state index in [1.54, 1.807) is 13.2 Å². The summed E-state index contributed by atoms with van der Waals surface area (Å²) in [5.74, 6) is 1.04.